The summed E-state index contributed by atoms with van der Waals surface area (Å²) in [5, 5.41) is 55.1. The Morgan fingerprint density at radius 3 is 2.17 bits per heavy atom. The van der Waals surface area contributed by atoms with Crippen LogP contribution >= 0.6 is 0 Å². The standard InChI is InChI=1S/C30H48O6/c1-25(2)13-18-17-7-8-20-26(3)11-10-21(33)27(4,15-31)19(26)9-12-28(20,5)29(17,6)14-22(34)30(18,16-32)24(36)23(25)35/h7,18-20,22-24,31-32,34-36H,8-16H2,1-6H3/t18-,19?,20+,22+,23-,24-,26-,27+,28+,29+,30-/m0/s1. The average molecular weight is 505 g/mol. The second kappa shape index (κ2) is 7.88. The maximum atomic E-state index is 13.0. The molecule has 0 amide bonds. The minimum atomic E-state index is -1.20. The number of carbonyl (C=O) groups excluding carboxylic acids is 1. The van der Waals surface area contributed by atoms with E-state index in [1.807, 2.05) is 20.8 Å². The lowest BCUT2D eigenvalue weighted by Gasteiger charge is -2.72. The lowest BCUT2D eigenvalue weighted by Crippen LogP contribution is -2.71. The van der Waals surface area contributed by atoms with E-state index in [-0.39, 0.29) is 47.1 Å². The number of hydrogen-bond donors (Lipinski definition) is 5. The van der Waals surface area contributed by atoms with Gasteiger partial charge in [0.25, 0.3) is 0 Å². The fourth-order valence-electron chi connectivity index (χ4n) is 10.7. The molecule has 4 saturated carbocycles. The third kappa shape index (κ3) is 2.89. The van der Waals surface area contributed by atoms with Crippen LogP contribution in [0.5, 0.6) is 0 Å². The van der Waals surface area contributed by atoms with Crippen molar-refractivity contribution in [1.82, 2.24) is 0 Å². The van der Waals surface area contributed by atoms with Crippen LogP contribution in [0.25, 0.3) is 0 Å². The molecule has 5 aliphatic rings. The predicted octanol–water partition coefficient (Wildman–Crippen LogP) is 3.23. The van der Waals surface area contributed by atoms with Crippen molar-refractivity contribution in [1.29, 1.82) is 0 Å². The Kier molecular flexibility index (Phi) is 5.86. The van der Waals surface area contributed by atoms with Gasteiger partial charge in [-0.1, -0.05) is 53.2 Å². The molecule has 0 radical (unpaired) electrons. The van der Waals surface area contributed by atoms with Gasteiger partial charge in [0.1, 0.15) is 5.78 Å². The normalized spacial score (nSPS) is 56.1. The molecule has 36 heavy (non-hydrogen) atoms. The van der Waals surface area contributed by atoms with E-state index in [0.29, 0.717) is 25.2 Å². The number of fused-ring (bicyclic) bond motifs is 7. The van der Waals surface area contributed by atoms with Crippen molar-refractivity contribution >= 4 is 5.78 Å². The molecule has 0 aromatic rings. The molecule has 5 aliphatic carbocycles. The van der Waals surface area contributed by atoms with Crippen LogP contribution in [0.1, 0.15) is 86.5 Å². The first-order chi connectivity index (χ1) is 16.6. The van der Waals surface area contributed by atoms with Crippen molar-refractivity contribution < 1.29 is 30.3 Å². The Balaban J connectivity index is 1.63. The molecule has 5 N–H and O–H groups in total. The number of aliphatic hydroxyl groups excluding tert-OH is 5. The number of ketones is 1. The third-order valence-electron chi connectivity index (χ3n) is 13.3. The molecule has 0 aromatic heterocycles. The Hall–Kier alpha value is -0.790. The molecule has 1 unspecified atom stereocenters. The third-order valence-corrected chi connectivity index (χ3v) is 13.3. The first-order valence-corrected chi connectivity index (χ1v) is 14.1. The topological polar surface area (TPSA) is 118 Å². The van der Waals surface area contributed by atoms with Gasteiger partial charge in [0, 0.05) is 6.42 Å². The van der Waals surface area contributed by atoms with Gasteiger partial charge in [0.2, 0.25) is 0 Å². The van der Waals surface area contributed by atoms with Crippen LogP contribution in [0.4, 0.5) is 0 Å². The van der Waals surface area contributed by atoms with Crippen molar-refractivity contribution in [3.05, 3.63) is 11.6 Å². The van der Waals surface area contributed by atoms with Crippen LogP contribution in [-0.2, 0) is 4.79 Å². The lowest BCUT2D eigenvalue weighted by molar-refractivity contribution is -0.254. The molecule has 6 heteroatoms. The highest BCUT2D eigenvalue weighted by Gasteiger charge is 2.72. The summed E-state index contributed by atoms with van der Waals surface area (Å²) in [6, 6.07) is 0. The van der Waals surface area contributed by atoms with Crippen molar-refractivity contribution in [3.8, 4) is 0 Å². The highest BCUT2D eigenvalue weighted by Crippen LogP contribution is 2.75. The van der Waals surface area contributed by atoms with E-state index in [1.54, 1.807) is 0 Å². The predicted molar refractivity (Wildman–Crippen MR) is 137 cm³/mol. The number of aliphatic hydroxyl groups is 5. The molecule has 204 valence electrons. The molecule has 4 fully saturated rings. The van der Waals surface area contributed by atoms with Gasteiger partial charge < -0.3 is 25.5 Å². The fraction of sp³-hybridized carbons (Fsp3) is 0.900. The zero-order valence-electron chi connectivity index (χ0n) is 23.0. The summed E-state index contributed by atoms with van der Waals surface area (Å²) in [6.45, 7) is 12.4. The number of allylic oxidation sites excluding steroid dienone is 2. The minimum absolute atomic E-state index is 0.0958. The highest BCUT2D eigenvalue weighted by atomic mass is 16.3. The van der Waals surface area contributed by atoms with E-state index in [0.717, 1.165) is 25.7 Å². The van der Waals surface area contributed by atoms with Gasteiger partial charge in [-0.05, 0) is 77.9 Å². The molecule has 0 aliphatic heterocycles. The fourth-order valence-corrected chi connectivity index (χ4v) is 10.7. The van der Waals surface area contributed by atoms with Crippen LogP contribution in [0.3, 0.4) is 0 Å². The summed E-state index contributed by atoms with van der Waals surface area (Å²) in [7, 11) is 0. The van der Waals surface area contributed by atoms with Crippen LogP contribution in [0.15, 0.2) is 11.6 Å². The Morgan fingerprint density at radius 1 is 0.889 bits per heavy atom. The van der Waals surface area contributed by atoms with E-state index in [9.17, 15) is 30.3 Å². The Bertz CT molecular complexity index is 974. The summed E-state index contributed by atoms with van der Waals surface area (Å²) in [5.41, 5.74) is -1.74. The second-order valence-electron chi connectivity index (χ2n) is 14.9. The van der Waals surface area contributed by atoms with Gasteiger partial charge in [-0.25, -0.2) is 0 Å². The van der Waals surface area contributed by atoms with Gasteiger partial charge in [-0.3, -0.25) is 4.79 Å². The van der Waals surface area contributed by atoms with E-state index < -0.39 is 34.6 Å². The molecule has 5 rings (SSSR count). The van der Waals surface area contributed by atoms with E-state index in [4.69, 9.17) is 0 Å². The van der Waals surface area contributed by atoms with Gasteiger partial charge in [-0.15, -0.1) is 0 Å². The molecule has 0 spiro atoms. The Labute approximate surface area is 216 Å². The van der Waals surface area contributed by atoms with E-state index >= 15 is 0 Å². The van der Waals surface area contributed by atoms with Crippen molar-refractivity contribution in [2.75, 3.05) is 13.2 Å². The van der Waals surface area contributed by atoms with Gasteiger partial charge in [0.15, 0.2) is 0 Å². The highest BCUT2D eigenvalue weighted by molar-refractivity contribution is 5.86. The monoisotopic (exact) mass is 504 g/mol. The molecule has 0 aromatic carbocycles. The zero-order chi connectivity index (χ0) is 26.7. The van der Waals surface area contributed by atoms with Crippen LogP contribution in [-0.4, -0.2) is 62.8 Å². The Morgan fingerprint density at radius 2 is 1.56 bits per heavy atom. The lowest BCUT2D eigenvalue weighted by atomic mass is 9.33. The summed E-state index contributed by atoms with van der Waals surface area (Å²) < 4.78 is 0. The van der Waals surface area contributed by atoms with E-state index in [1.165, 1.54) is 5.57 Å². The molecular weight excluding hydrogens is 456 g/mol. The van der Waals surface area contributed by atoms with Crippen molar-refractivity contribution in [2.24, 2.45) is 50.2 Å². The largest absolute Gasteiger partial charge is 0.396 e. The first kappa shape index (κ1) is 26.8. The van der Waals surface area contributed by atoms with Crippen molar-refractivity contribution in [2.45, 2.75) is 105 Å². The van der Waals surface area contributed by atoms with Crippen molar-refractivity contribution in [3.63, 3.8) is 0 Å². The van der Waals surface area contributed by atoms with Gasteiger partial charge >= 0.3 is 0 Å². The maximum Gasteiger partial charge on any atom is 0.141 e. The van der Waals surface area contributed by atoms with Crippen LogP contribution in [0.2, 0.25) is 0 Å². The minimum Gasteiger partial charge on any atom is -0.396 e. The summed E-state index contributed by atoms with van der Waals surface area (Å²) in [6.07, 6.45) is 4.19. The molecule has 6 nitrogen and oxygen atoms in total. The number of Topliss-reactive ketones (excluding diaryl/α,β-unsaturated/α-hetero) is 1. The smallest absolute Gasteiger partial charge is 0.141 e. The number of rotatable bonds is 2. The second-order valence-corrected chi connectivity index (χ2v) is 14.9. The molecule has 0 heterocycles. The SMILES string of the molecule is CC1(C)C[C@H]2C3=CC[C@@H]4[C@@]5(C)CCC(=O)[C@](C)(CO)C5CC[C@@]4(C)[C@]3(C)C[C@@H](O)[C@@]2(CO)[C@@H](O)[C@@H]1O. The quantitative estimate of drug-likeness (QED) is 0.369. The molecular formula is C30H48O6. The van der Waals surface area contributed by atoms with E-state index in [2.05, 4.69) is 26.8 Å². The number of carbonyl (C=O) groups is 1. The zero-order valence-corrected chi connectivity index (χ0v) is 23.0. The molecule has 11 atom stereocenters. The summed E-state index contributed by atoms with van der Waals surface area (Å²) in [5.74, 6) is 0.400. The van der Waals surface area contributed by atoms with Gasteiger partial charge in [-0.2, -0.15) is 0 Å². The average Bonchev–Trinajstić information content (AvgIpc) is 2.81. The van der Waals surface area contributed by atoms with Crippen LogP contribution in [0, 0.1) is 50.2 Å². The molecule has 0 saturated heterocycles. The summed E-state index contributed by atoms with van der Waals surface area (Å²) >= 11 is 0. The summed E-state index contributed by atoms with van der Waals surface area (Å²) in [4.78, 5) is 13.0. The van der Waals surface area contributed by atoms with Gasteiger partial charge in [0.05, 0.1) is 42.4 Å². The maximum absolute atomic E-state index is 13.0. The first-order valence-electron chi connectivity index (χ1n) is 14.1. The van der Waals surface area contributed by atoms with Crippen LogP contribution < -0.4 is 0 Å². The molecule has 0 bridgehead atoms. The number of hydrogen-bond acceptors (Lipinski definition) is 6.